The Morgan fingerprint density at radius 1 is 1.33 bits per heavy atom. The van der Waals surface area contributed by atoms with Crippen molar-refractivity contribution in [3.63, 3.8) is 0 Å². The normalized spacial score (nSPS) is 10.1. The van der Waals surface area contributed by atoms with Crippen LogP contribution >= 0.6 is 11.3 Å². The molecule has 1 aromatic heterocycles. The molecule has 21 heavy (non-hydrogen) atoms. The maximum absolute atomic E-state index is 12.4. The monoisotopic (exact) mass is 299 g/mol. The van der Waals surface area contributed by atoms with Gasteiger partial charge in [-0.2, -0.15) is 0 Å². The molecule has 0 aliphatic carbocycles. The van der Waals surface area contributed by atoms with E-state index in [4.69, 9.17) is 5.11 Å². The molecule has 2 aromatic rings. The zero-order valence-electron chi connectivity index (χ0n) is 12.0. The van der Waals surface area contributed by atoms with Crippen LogP contribution in [0.1, 0.15) is 40.6 Å². The minimum absolute atomic E-state index is 0.166. The number of aliphatic hydroxyl groups is 1. The first-order valence-electron chi connectivity index (χ1n) is 6.71. The van der Waals surface area contributed by atoms with Crippen LogP contribution in [0.2, 0.25) is 0 Å². The predicted molar refractivity (Wildman–Crippen MR) is 86.8 cm³/mol. The molecule has 1 heterocycles. The topological polar surface area (TPSA) is 49.3 Å². The Balaban J connectivity index is 2.25. The lowest BCUT2D eigenvalue weighted by molar-refractivity contribution is 0.103. The fourth-order valence-corrected chi connectivity index (χ4v) is 2.76. The third-order valence-corrected chi connectivity index (χ3v) is 3.92. The lowest BCUT2D eigenvalue weighted by Crippen LogP contribution is -2.13. The number of carbonyl (C=O) groups is 1. The van der Waals surface area contributed by atoms with Gasteiger partial charge in [-0.1, -0.05) is 43.9 Å². The number of carbonyl (C=O) groups excluding carboxylic acids is 1. The van der Waals surface area contributed by atoms with Crippen molar-refractivity contribution in [1.29, 1.82) is 0 Å². The van der Waals surface area contributed by atoms with Crippen molar-refractivity contribution in [1.82, 2.24) is 0 Å². The molecular formula is C17H17NO2S. The molecule has 0 radical (unpaired) electrons. The zero-order chi connectivity index (χ0) is 15.2. The van der Waals surface area contributed by atoms with E-state index in [1.165, 1.54) is 11.3 Å². The summed E-state index contributed by atoms with van der Waals surface area (Å²) in [6, 6.07) is 9.58. The fraction of sp³-hybridized carbons (Fsp3) is 0.235. The third-order valence-electron chi connectivity index (χ3n) is 3.00. The zero-order valence-corrected chi connectivity index (χ0v) is 12.8. The first-order valence-corrected chi connectivity index (χ1v) is 7.59. The quantitative estimate of drug-likeness (QED) is 0.853. The van der Waals surface area contributed by atoms with Crippen molar-refractivity contribution in [2.45, 2.75) is 19.8 Å². The molecule has 0 spiro atoms. The fourth-order valence-electron chi connectivity index (χ4n) is 2.01. The van der Waals surface area contributed by atoms with E-state index in [9.17, 15) is 4.79 Å². The highest BCUT2D eigenvalue weighted by Crippen LogP contribution is 2.25. The van der Waals surface area contributed by atoms with Crippen molar-refractivity contribution >= 4 is 22.9 Å². The molecule has 0 atom stereocenters. The molecular weight excluding hydrogens is 282 g/mol. The number of rotatable bonds is 3. The molecule has 0 saturated heterocycles. The highest BCUT2D eigenvalue weighted by Gasteiger charge is 2.14. The molecule has 3 nitrogen and oxygen atoms in total. The van der Waals surface area contributed by atoms with E-state index in [2.05, 4.69) is 31.0 Å². The second-order valence-corrected chi connectivity index (χ2v) is 5.74. The van der Waals surface area contributed by atoms with Crippen LogP contribution < -0.4 is 5.32 Å². The molecule has 1 aromatic carbocycles. The van der Waals surface area contributed by atoms with Crippen molar-refractivity contribution in [2.75, 3.05) is 11.9 Å². The maximum Gasteiger partial charge on any atom is 0.267 e. The largest absolute Gasteiger partial charge is 0.384 e. The van der Waals surface area contributed by atoms with Gasteiger partial charge in [-0.15, -0.1) is 11.3 Å². The molecule has 0 aliphatic heterocycles. The van der Waals surface area contributed by atoms with Crippen LogP contribution in [0.25, 0.3) is 0 Å². The summed E-state index contributed by atoms with van der Waals surface area (Å²) in [7, 11) is 0. The number of para-hydroxylation sites is 1. The average Bonchev–Trinajstić information content (AvgIpc) is 2.94. The number of nitrogens with one attached hydrogen (secondary N) is 1. The number of hydrogen-bond donors (Lipinski definition) is 2. The van der Waals surface area contributed by atoms with Gasteiger partial charge in [0.2, 0.25) is 0 Å². The minimum atomic E-state index is -0.215. The van der Waals surface area contributed by atoms with E-state index in [1.807, 2.05) is 29.6 Å². The summed E-state index contributed by atoms with van der Waals surface area (Å²) in [5, 5.41) is 13.5. The van der Waals surface area contributed by atoms with Gasteiger partial charge in [0.15, 0.2) is 0 Å². The molecule has 1 amide bonds. The summed E-state index contributed by atoms with van der Waals surface area (Å²) in [5.74, 6) is 5.53. The number of aliphatic hydroxyl groups excluding tert-OH is 1. The van der Waals surface area contributed by atoms with Gasteiger partial charge in [0.25, 0.3) is 5.91 Å². The Kier molecular flexibility index (Phi) is 5.15. The van der Waals surface area contributed by atoms with Crippen molar-refractivity contribution in [2.24, 2.45) is 0 Å². The lowest BCUT2D eigenvalue weighted by atomic mass is 10.0. The summed E-state index contributed by atoms with van der Waals surface area (Å²) in [6.07, 6.45) is 0. The van der Waals surface area contributed by atoms with Crippen LogP contribution in [0.3, 0.4) is 0 Å². The Bertz CT molecular complexity index is 692. The number of thiophene rings is 1. The van der Waals surface area contributed by atoms with Gasteiger partial charge in [0.1, 0.15) is 11.5 Å². The van der Waals surface area contributed by atoms with Crippen LogP contribution in [0.15, 0.2) is 35.7 Å². The van der Waals surface area contributed by atoms with E-state index in [0.29, 0.717) is 16.4 Å². The van der Waals surface area contributed by atoms with E-state index in [1.54, 1.807) is 6.07 Å². The molecule has 0 bridgehead atoms. The first-order chi connectivity index (χ1) is 10.1. The maximum atomic E-state index is 12.4. The summed E-state index contributed by atoms with van der Waals surface area (Å²) in [5.41, 5.74) is 2.57. The third kappa shape index (κ3) is 3.72. The van der Waals surface area contributed by atoms with Gasteiger partial charge < -0.3 is 10.4 Å². The molecule has 108 valence electrons. The number of benzene rings is 1. The minimum Gasteiger partial charge on any atom is -0.384 e. The Labute approximate surface area is 128 Å². The smallest absolute Gasteiger partial charge is 0.267 e. The molecule has 2 N–H and O–H groups in total. The molecule has 0 saturated carbocycles. The highest BCUT2D eigenvalue weighted by molar-refractivity contribution is 7.12. The Morgan fingerprint density at radius 2 is 2.10 bits per heavy atom. The summed E-state index contributed by atoms with van der Waals surface area (Å²) in [4.78, 5) is 13.0. The number of amides is 1. The molecule has 0 aliphatic rings. The van der Waals surface area contributed by atoms with E-state index in [-0.39, 0.29) is 12.5 Å². The number of hydrogen-bond acceptors (Lipinski definition) is 3. The predicted octanol–water partition coefficient (Wildman–Crippen LogP) is 3.47. The molecule has 4 heteroatoms. The summed E-state index contributed by atoms with van der Waals surface area (Å²) in [6.45, 7) is 3.97. The second-order valence-electron chi connectivity index (χ2n) is 4.82. The van der Waals surface area contributed by atoms with E-state index >= 15 is 0 Å². The van der Waals surface area contributed by atoms with Gasteiger partial charge in [0.05, 0.1) is 0 Å². The van der Waals surface area contributed by atoms with E-state index in [0.717, 1.165) is 11.3 Å². The van der Waals surface area contributed by atoms with Gasteiger partial charge in [-0.25, -0.2) is 0 Å². The average molecular weight is 299 g/mol. The van der Waals surface area contributed by atoms with Crippen LogP contribution in [0.5, 0.6) is 0 Å². The van der Waals surface area contributed by atoms with Crippen LogP contribution in [-0.2, 0) is 0 Å². The van der Waals surface area contributed by atoms with Crippen LogP contribution in [0.4, 0.5) is 5.69 Å². The van der Waals surface area contributed by atoms with Gasteiger partial charge >= 0.3 is 0 Å². The van der Waals surface area contributed by atoms with Gasteiger partial charge in [0, 0.05) is 11.3 Å². The Morgan fingerprint density at radius 3 is 2.81 bits per heavy atom. The highest BCUT2D eigenvalue weighted by atomic mass is 32.1. The Hall–Kier alpha value is -2.09. The standard InChI is InChI=1S/C17H17NO2S/c1-12(2)14-7-3-4-8-15(14)18-17(20)16-13(6-5-10-19)9-11-21-16/h3-4,7-9,11-12,19H,10H2,1-2H3,(H,18,20). The summed E-state index contributed by atoms with van der Waals surface area (Å²) >= 11 is 1.35. The van der Waals surface area contributed by atoms with Crippen LogP contribution in [0, 0.1) is 11.8 Å². The number of anilines is 1. The van der Waals surface area contributed by atoms with E-state index < -0.39 is 0 Å². The van der Waals surface area contributed by atoms with Crippen molar-refractivity contribution in [3.05, 3.63) is 51.7 Å². The van der Waals surface area contributed by atoms with Crippen molar-refractivity contribution < 1.29 is 9.90 Å². The summed E-state index contributed by atoms with van der Waals surface area (Å²) < 4.78 is 0. The SMILES string of the molecule is CC(C)c1ccccc1NC(=O)c1sccc1C#CCO. The van der Waals surface area contributed by atoms with Gasteiger partial charge in [-0.3, -0.25) is 4.79 Å². The first kappa shape index (κ1) is 15.3. The lowest BCUT2D eigenvalue weighted by Gasteiger charge is -2.13. The van der Waals surface area contributed by atoms with Gasteiger partial charge in [-0.05, 0) is 29.0 Å². The molecule has 2 rings (SSSR count). The van der Waals surface area contributed by atoms with Crippen molar-refractivity contribution in [3.8, 4) is 11.8 Å². The second kappa shape index (κ2) is 7.07. The molecule has 0 fully saturated rings. The van der Waals surface area contributed by atoms with Crippen LogP contribution in [-0.4, -0.2) is 17.6 Å². The molecule has 0 unspecified atom stereocenters.